The number of halogens is 1. The number of para-hydroxylation sites is 3. The minimum atomic E-state index is 1.01. The number of nitrogens with zero attached hydrogens (tertiary/aromatic N) is 2. The van der Waals surface area contributed by atoms with Crippen molar-refractivity contribution in [2.24, 2.45) is 0 Å². The van der Waals surface area contributed by atoms with Crippen LogP contribution in [0.4, 0.5) is 34.1 Å². The Balaban J connectivity index is 1.23. The van der Waals surface area contributed by atoms with Gasteiger partial charge >= 0.3 is 0 Å². The highest BCUT2D eigenvalue weighted by Gasteiger charge is 2.20. The fourth-order valence-electron chi connectivity index (χ4n) is 7.07. The van der Waals surface area contributed by atoms with Crippen LogP contribution >= 0.6 is 27.3 Å². The highest BCUT2D eigenvalue weighted by molar-refractivity contribution is 9.10. The van der Waals surface area contributed by atoms with Crippen molar-refractivity contribution in [2.45, 2.75) is 0 Å². The van der Waals surface area contributed by atoms with E-state index in [-0.39, 0.29) is 0 Å². The Labute approximate surface area is 304 Å². The summed E-state index contributed by atoms with van der Waals surface area (Å²) in [5.74, 6) is 0. The zero-order valence-electron chi connectivity index (χ0n) is 27.1. The standard InChI is InChI=1S/C46H31BrN2S/c47-33-27-38(48(34-17-7-2-8-18-34)35-19-9-3-10-20-35)29-39(28-33)49(36-21-11-4-12-22-36)37-25-26-42-44(30-37)50-45-31-43(32-15-5-1-6-16-32)40-23-13-14-24-41(40)46(42)45/h1-31H. The number of hydrogen-bond donors (Lipinski definition) is 0. The van der Waals surface area contributed by atoms with E-state index in [4.69, 9.17) is 0 Å². The topological polar surface area (TPSA) is 6.48 Å². The van der Waals surface area contributed by atoms with Crippen molar-refractivity contribution in [3.63, 3.8) is 0 Å². The Kier molecular flexibility index (Phi) is 7.89. The largest absolute Gasteiger partial charge is 0.310 e. The molecule has 1 aromatic heterocycles. The molecule has 0 aliphatic heterocycles. The summed E-state index contributed by atoms with van der Waals surface area (Å²) < 4.78 is 3.57. The van der Waals surface area contributed by atoms with E-state index in [1.165, 1.54) is 42.1 Å². The summed E-state index contributed by atoms with van der Waals surface area (Å²) in [6.45, 7) is 0. The summed E-state index contributed by atoms with van der Waals surface area (Å²) in [5, 5.41) is 5.18. The average Bonchev–Trinajstić information content (AvgIpc) is 3.54. The molecule has 0 aliphatic carbocycles. The van der Waals surface area contributed by atoms with Gasteiger partial charge in [-0.2, -0.15) is 0 Å². The van der Waals surface area contributed by atoms with Gasteiger partial charge < -0.3 is 9.80 Å². The Hall–Kier alpha value is -5.68. The zero-order valence-corrected chi connectivity index (χ0v) is 29.5. The van der Waals surface area contributed by atoms with Crippen LogP contribution in [0.3, 0.4) is 0 Å². The van der Waals surface area contributed by atoms with E-state index in [0.29, 0.717) is 0 Å². The van der Waals surface area contributed by atoms with Crippen LogP contribution in [-0.4, -0.2) is 0 Å². The molecule has 0 fully saturated rings. The highest BCUT2D eigenvalue weighted by Crippen LogP contribution is 2.46. The first kappa shape index (κ1) is 30.4. The molecule has 0 spiro atoms. The molecule has 0 bridgehead atoms. The second kappa shape index (κ2) is 13.0. The van der Waals surface area contributed by atoms with Gasteiger partial charge in [0.05, 0.1) is 0 Å². The van der Waals surface area contributed by atoms with Crippen LogP contribution in [-0.2, 0) is 0 Å². The van der Waals surface area contributed by atoms with Gasteiger partial charge in [0.25, 0.3) is 0 Å². The molecule has 4 heteroatoms. The number of thiophene rings is 1. The molecule has 0 atom stereocenters. The van der Waals surface area contributed by atoms with Crippen molar-refractivity contribution in [2.75, 3.05) is 9.80 Å². The minimum absolute atomic E-state index is 1.01. The molecule has 0 aliphatic rings. The van der Waals surface area contributed by atoms with Crippen LogP contribution in [0, 0.1) is 0 Å². The van der Waals surface area contributed by atoms with Gasteiger partial charge in [-0.1, -0.05) is 131 Å². The Morgan fingerprint density at radius 1 is 0.360 bits per heavy atom. The third-order valence-corrected chi connectivity index (χ3v) is 10.8. The zero-order chi connectivity index (χ0) is 33.4. The molecular weight excluding hydrogens is 692 g/mol. The maximum atomic E-state index is 3.90. The number of benzene rings is 8. The Morgan fingerprint density at radius 3 is 1.44 bits per heavy atom. The molecular formula is C46H31BrN2S. The van der Waals surface area contributed by atoms with Crippen LogP contribution in [0.2, 0.25) is 0 Å². The van der Waals surface area contributed by atoms with E-state index in [1.807, 2.05) is 11.3 Å². The summed E-state index contributed by atoms with van der Waals surface area (Å²) in [4.78, 5) is 4.67. The third-order valence-electron chi connectivity index (χ3n) is 9.23. The maximum absolute atomic E-state index is 3.90. The van der Waals surface area contributed by atoms with Crippen LogP contribution in [0.25, 0.3) is 42.1 Å². The van der Waals surface area contributed by atoms with Gasteiger partial charge in [-0.05, 0) is 94.7 Å². The summed E-state index contributed by atoms with van der Waals surface area (Å²) >= 11 is 5.77. The molecule has 8 aromatic carbocycles. The predicted molar refractivity (Wildman–Crippen MR) is 219 cm³/mol. The quantitative estimate of drug-likeness (QED) is 0.162. The molecule has 0 N–H and O–H groups in total. The first-order valence-corrected chi connectivity index (χ1v) is 18.3. The van der Waals surface area contributed by atoms with Crippen LogP contribution in [0.15, 0.2) is 193 Å². The van der Waals surface area contributed by atoms with E-state index in [2.05, 4.69) is 214 Å². The lowest BCUT2D eigenvalue weighted by Gasteiger charge is -2.29. The van der Waals surface area contributed by atoms with Crippen molar-refractivity contribution in [3.05, 3.63) is 193 Å². The summed E-state index contributed by atoms with van der Waals surface area (Å²) in [6, 6.07) is 67.3. The molecule has 2 nitrogen and oxygen atoms in total. The van der Waals surface area contributed by atoms with E-state index in [0.717, 1.165) is 38.6 Å². The molecule has 238 valence electrons. The lowest BCUT2D eigenvalue weighted by molar-refractivity contribution is 1.25. The lowest BCUT2D eigenvalue weighted by Crippen LogP contribution is -2.13. The van der Waals surface area contributed by atoms with Gasteiger partial charge in [0.1, 0.15) is 0 Å². The van der Waals surface area contributed by atoms with E-state index >= 15 is 0 Å². The Morgan fingerprint density at radius 2 is 0.860 bits per heavy atom. The monoisotopic (exact) mass is 722 g/mol. The second-order valence-electron chi connectivity index (χ2n) is 12.3. The van der Waals surface area contributed by atoms with Crippen molar-refractivity contribution < 1.29 is 0 Å². The predicted octanol–water partition coefficient (Wildman–Crippen LogP) is 14.6. The number of rotatable bonds is 7. The average molecular weight is 724 g/mol. The SMILES string of the molecule is Brc1cc(N(c2ccccc2)c2ccccc2)cc(N(c2ccccc2)c2ccc3c(c2)sc2cc(-c4ccccc4)c4ccccc4c23)c1. The molecule has 1 heterocycles. The van der Waals surface area contributed by atoms with Gasteiger partial charge in [-0.15, -0.1) is 11.3 Å². The normalized spacial score (nSPS) is 11.3. The van der Waals surface area contributed by atoms with Gasteiger partial charge in [0, 0.05) is 58.8 Å². The van der Waals surface area contributed by atoms with E-state index in [9.17, 15) is 0 Å². The summed E-state index contributed by atoms with van der Waals surface area (Å²) in [5.41, 5.74) is 9.05. The van der Waals surface area contributed by atoms with Gasteiger partial charge in [0.2, 0.25) is 0 Å². The molecule has 0 unspecified atom stereocenters. The first-order chi connectivity index (χ1) is 24.7. The smallest absolute Gasteiger partial charge is 0.0493 e. The number of hydrogen-bond acceptors (Lipinski definition) is 3. The first-order valence-electron chi connectivity index (χ1n) is 16.7. The van der Waals surface area contributed by atoms with Crippen LogP contribution in [0.5, 0.6) is 0 Å². The van der Waals surface area contributed by atoms with Crippen molar-refractivity contribution in [1.29, 1.82) is 0 Å². The molecule has 9 rings (SSSR count). The molecule has 50 heavy (non-hydrogen) atoms. The maximum Gasteiger partial charge on any atom is 0.0493 e. The van der Waals surface area contributed by atoms with Gasteiger partial charge in [-0.25, -0.2) is 0 Å². The van der Waals surface area contributed by atoms with E-state index < -0.39 is 0 Å². The van der Waals surface area contributed by atoms with Crippen molar-refractivity contribution in [1.82, 2.24) is 0 Å². The number of fused-ring (bicyclic) bond motifs is 5. The number of anilines is 6. The fourth-order valence-corrected chi connectivity index (χ4v) is 8.73. The summed E-state index contributed by atoms with van der Waals surface area (Å²) in [7, 11) is 0. The highest BCUT2D eigenvalue weighted by atomic mass is 79.9. The van der Waals surface area contributed by atoms with Crippen molar-refractivity contribution in [3.8, 4) is 11.1 Å². The van der Waals surface area contributed by atoms with E-state index in [1.54, 1.807) is 0 Å². The van der Waals surface area contributed by atoms with Gasteiger partial charge in [0.15, 0.2) is 0 Å². The van der Waals surface area contributed by atoms with Crippen molar-refractivity contribution >= 4 is 92.3 Å². The Bertz CT molecular complexity index is 2560. The molecule has 0 saturated heterocycles. The molecule has 0 amide bonds. The second-order valence-corrected chi connectivity index (χ2v) is 14.3. The van der Waals surface area contributed by atoms with Gasteiger partial charge in [-0.3, -0.25) is 0 Å². The van der Waals surface area contributed by atoms with Crippen LogP contribution < -0.4 is 9.80 Å². The minimum Gasteiger partial charge on any atom is -0.310 e. The summed E-state index contributed by atoms with van der Waals surface area (Å²) in [6.07, 6.45) is 0. The molecule has 0 radical (unpaired) electrons. The molecule has 0 saturated carbocycles. The lowest BCUT2D eigenvalue weighted by atomic mass is 9.95. The van der Waals surface area contributed by atoms with Crippen LogP contribution in [0.1, 0.15) is 0 Å². The third kappa shape index (κ3) is 5.53. The fraction of sp³-hybridized carbons (Fsp3) is 0. The molecule has 9 aromatic rings.